The Kier molecular flexibility index (Phi) is 11.0. The molecule has 3 N–H and O–H groups in total. The number of rotatable bonds is 4. The molecular formula is C24H32F5N9O. The first-order chi connectivity index (χ1) is 18.3. The minimum absolute atomic E-state index is 0.0278. The van der Waals surface area contributed by atoms with Gasteiger partial charge in [0.2, 0.25) is 18.3 Å². The summed E-state index contributed by atoms with van der Waals surface area (Å²) in [7, 11) is 3.26. The van der Waals surface area contributed by atoms with Crippen LogP contribution in [0.4, 0.5) is 39.4 Å². The van der Waals surface area contributed by atoms with E-state index in [1.54, 1.807) is 33.2 Å². The fourth-order valence-electron chi connectivity index (χ4n) is 3.63. The van der Waals surface area contributed by atoms with E-state index in [2.05, 4.69) is 30.6 Å². The topological polar surface area (TPSA) is 126 Å². The zero-order valence-corrected chi connectivity index (χ0v) is 22.4. The van der Waals surface area contributed by atoms with E-state index < -0.39 is 24.7 Å². The summed E-state index contributed by atoms with van der Waals surface area (Å²) in [5, 5.41) is 14.6. The second kappa shape index (κ2) is 13.8. The number of azo groups is 1. The Hall–Kier alpha value is -3.91. The molecule has 0 saturated carbocycles. The van der Waals surface area contributed by atoms with E-state index in [0.29, 0.717) is 46.9 Å². The van der Waals surface area contributed by atoms with Crippen molar-refractivity contribution in [2.45, 2.75) is 52.4 Å². The predicted octanol–water partition coefficient (Wildman–Crippen LogP) is 5.50. The molecular weight excluding hydrogens is 525 g/mol. The van der Waals surface area contributed by atoms with Crippen LogP contribution in [-0.4, -0.2) is 69.9 Å². The molecule has 4 rings (SSSR count). The quantitative estimate of drug-likeness (QED) is 0.322. The van der Waals surface area contributed by atoms with E-state index in [0.717, 1.165) is 0 Å². The Balaban J connectivity index is 0.000000276. The molecule has 1 fully saturated rings. The molecule has 3 aromatic heterocycles. The number of nitrogens with zero attached hydrogens (tertiary/aromatic N) is 7. The Bertz CT molecular complexity index is 1300. The van der Waals surface area contributed by atoms with Gasteiger partial charge in [-0.1, -0.05) is 6.92 Å². The molecule has 0 spiro atoms. The van der Waals surface area contributed by atoms with Crippen LogP contribution in [0.15, 0.2) is 28.6 Å². The zero-order chi connectivity index (χ0) is 29.3. The number of piperidine rings is 1. The van der Waals surface area contributed by atoms with E-state index in [-0.39, 0.29) is 24.7 Å². The molecule has 4 heterocycles. The number of pyridine rings is 1. The fourth-order valence-corrected chi connectivity index (χ4v) is 3.63. The summed E-state index contributed by atoms with van der Waals surface area (Å²) in [4.78, 5) is 20.4. The summed E-state index contributed by atoms with van der Waals surface area (Å²) in [6.45, 7) is 4.64. The highest BCUT2D eigenvalue weighted by Crippen LogP contribution is 2.33. The molecule has 10 nitrogen and oxygen atoms in total. The van der Waals surface area contributed by atoms with Gasteiger partial charge in [-0.15, -0.1) is 5.10 Å². The minimum atomic E-state index is -2.66. The third-order valence-electron chi connectivity index (χ3n) is 5.51. The van der Waals surface area contributed by atoms with Gasteiger partial charge in [0, 0.05) is 40.4 Å². The standard InChI is InChI=1S/C14H15FN8.C7H11F2NO.C3H6F2/c1-7-9(21-18-3)4-5-10(19-7)11-8(15)6-23-12(11)13(17-2)20-14(16)22-23;1-6(11)10-4-2-3-7(8,9)5-10;1-2-3(4)5/h4-6H,1-3H3,(H3,16,17,20,22);2-5H2,1H3;3H,2H2,1H3. The van der Waals surface area contributed by atoms with Gasteiger partial charge in [-0.3, -0.25) is 9.78 Å². The number of halogens is 5. The molecule has 0 unspecified atom stereocenters. The Labute approximate surface area is 222 Å². The van der Waals surface area contributed by atoms with Crippen LogP contribution in [-0.2, 0) is 4.79 Å². The van der Waals surface area contributed by atoms with Gasteiger partial charge in [-0.05, 0) is 25.5 Å². The van der Waals surface area contributed by atoms with Crippen molar-refractivity contribution in [1.29, 1.82) is 0 Å². The van der Waals surface area contributed by atoms with E-state index >= 15 is 0 Å². The summed E-state index contributed by atoms with van der Waals surface area (Å²) in [5.41, 5.74) is 8.15. The number of carbonyl (C=O) groups excluding carboxylic acids is 1. The van der Waals surface area contributed by atoms with Crippen molar-refractivity contribution in [2.24, 2.45) is 10.2 Å². The Morgan fingerprint density at radius 3 is 2.44 bits per heavy atom. The summed E-state index contributed by atoms with van der Waals surface area (Å²) < 4.78 is 62.6. The lowest BCUT2D eigenvalue weighted by molar-refractivity contribution is -0.139. The number of aromatic nitrogens is 4. The molecule has 1 aliphatic heterocycles. The third-order valence-corrected chi connectivity index (χ3v) is 5.51. The number of anilines is 2. The first-order valence-corrected chi connectivity index (χ1v) is 12.0. The average molecular weight is 558 g/mol. The van der Waals surface area contributed by atoms with Crippen LogP contribution in [0.25, 0.3) is 16.8 Å². The highest BCUT2D eigenvalue weighted by Gasteiger charge is 2.35. The normalized spacial score (nSPS) is 14.6. The number of carbonyl (C=O) groups is 1. The number of nitrogen functional groups attached to an aromatic ring is 1. The van der Waals surface area contributed by atoms with Crippen molar-refractivity contribution in [2.75, 3.05) is 38.2 Å². The number of hydrogen-bond donors (Lipinski definition) is 2. The van der Waals surface area contributed by atoms with Crippen LogP contribution in [0, 0.1) is 12.7 Å². The van der Waals surface area contributed by atoms with Gasteiger partial charge in [0.05, 0.1) is 29.7 Å². The van der Waals surface area contributed by atoms with E-state index in [9.17, 15) is 26.7 Å². The van der Waals surface area contributed by atoms with Crippen LogP contribution in [0.2, 0.25) is 0 Å². The smallest absolute Gasteiger partial charge is 0.265 e. The number of amides is 1. The van der Waals surface area contributed by atoms with Crippen molar-refractivity contribution < 1.29 is 26.7 Å². The largest absolute Gasteiger partial charge is 0.371 e. The van der Waals surface area contributed by atoms with Crippen LogP contribution >= 0.6 is 0 Å². The van der Waals surface area contributed by atoms with Gasteiger partial charge in [0.25, 0.3) is 5.92 Å². The van der Waals surface area contributed by atoms with Gasteiger partial charge in [-0.25, -0.2) is 26.5 Å². The Morgan fingerprint density at radius 2 is 1.95 bits per heavy atom. The Morgan fingerprint density at radius 1 is 1.28 bits per heavy atom. The van der Waals surface area contributed by atoms with E-state index in [4.69, 9.17) is 5.73 Å². The van der Waals surface area contributed by atoms with Crippen molar-refractivity contribution in [3.63, 3.8) is 0 Å². The molecule has 1 amide bonds. The van der Waals surface area contributed by atoms with Gasteiger partial charge in [0.15, 0.2) is 11.6 Å². The van der Waals surface area contributed by atoms with E-state index in [1.165, 1.54) is 29.5 Å². The number of aryl methyl sites for hydroxylation is 1. The molecule has 1 aliphatic rings. The lowest BCUT2D eigenvalue weighted by Gasteiger charge is -2.31. The van der Waals surface area contributed by atoms with Crippen molar-refractivity contribution in [3.8, 4) is 11.3 Å². The monoisotopic (exact) mass is 557 g/mol. The second-order valence-electron chi connectivity index (χ2n) is 8.51. The molecule has 0 radical (unpaired) electrons. The molecule has 1 saturated heterocycles. The maximum absolute atomic E-state index is 14.5. The molecule has 0 aromatic carbocycles. The average Bonchev–Trinajstić information content (AvgIpc) is 3.20. The van der Waals surface area contributed by atoms with Gasteiger partial charge < -0.3 is 16.0 Å². The molecule has 0 atom stereocenters. The SMILES string of the molecule is CC(=O)N1CCCC(F)(F)C1.CCC(F)F.CN=Nc1ccc(-c2c(F)cn3nc(N)nc(NC)c23)nc1C. The number of hydrogen-bond acceptors (Lipinski definition) is 8. The lowest BCUT2D eigenvalue weighted by atomic mass is 10.1. The van der Waals surface area contributed by atoms with E-state index in [1.807, 2.05) is 0 Å². The van der Waals surface area contributed by atoms with Crippen LogP contribution in [0.3, 0.4) is 0 Å². The molecule has 39 heavy (non-hydrogen) atoms. The molecule has 0 aliphatic carbocycles. The van der Waals surface area contributed by atoms with Gasteiger partial charge >= 0.3 is 0 Å². The second-order valence-corrected chi connectivity index (χ2v) is 8.51. The fraction of sp³-hybridized carbons (Fsp3) is 0.500. The maximum Gasteiger partial charge on any atom is 0.265 e. The lowest BCUT2D eigenvalue weighted by Crippen LogP contribution is -2.44. The highest BCUT2D eigenvalue weighted by molar-refractivity contribution is 5.88. The van der Waals surface area contributed by atoms with Crippen LogP contribution in [0.5, 0.6) is 0 Å². The number of fused-ring (bicyclic) bond motifs is 1. The third kappa shape index (κ3) is 8.55. The number of nitrogens with one attached hydrogen (secondary N) is 1. The first kappa shape index (κ1) is 31.3. The molecule has 15 heteroatoms. The van der Waals surface area contributed by atoms with Crippen molar-refractivity contribution in [1.82, 2.24) is 24.5 Å². The summed E-state index contributed by atoms with van der Waals surface area (Å²) in [6.07, 6.45) is -0.571. The zero-order valence-electron chi connectivity index (χ0n) is 22.4. The van der Waals surface area contributed by atoms with Crippen LogP contribution in [0.1, 0.15) is 38.8 Å². The van der Waals surface area contributed by atoms with Gasteiger partial charge in [-0.2, -0.15) is 15.2 Å². The maximum atomic E-state index is 14.5. The molecule has 0 bridgehead atoms. The number of nitrogens with two attached hydrogens (primary N) is 1. The first-order valence-electron chi connectivity index (χ1n) is 12.0. The molecule has 3 aromatic rings. The minimum Gasteiger partial charge on any atom is -0.371 e. The summed E-state index contributed by atoms with van der Waals surface area (Å²) in [6, 6.07) is 3.43. The van der Waals surface area contributed by atoms with Crippen LogP contribution < -0.4 is 11.1 Å². The summed E-state index contributed by atoms with van der Waals surface area (Å²) >= 11 is 0. The number of likely N-dealkylation sites (tertiary alicyclic amines) is 1. The highest BCUT2D eigenvalue weighted by atomic mass is 19.3. The molecule has 214 valence electrons. The van der Waals surface area contributed by atoms with Crippen molar-refractivity contribution >= 4 is 28.9 Å². The summed E-state index contributed by atoms with van der Waals surface area (Å²) in [5.74, 6) is -2.91. The predicted molar refractivity (Wildman–Crippen MR) is 138 cm³/mol. The van der Waals surface area contributed by atoms with Gasteiger partial charge in [0.1, 0.15) is 11.2 Å². The number of alkyl halides is 4. The van der Waals surface area contributed by atoms with Crippen molar-refractivity contribution in [3.05, 3.63) is 29.8 Å².